The maximum absolute atomic E-state index is 15.3. The summed E-state index contributed by atoms with van der Waals surface area (Å²) in [5.74, 6) is -3.61. The molecule has 4 rings (SSSR count). The van der Waals surface area contributed by atoms with Gasteiger partial charge in [-0.1, -0.05) is 107 Å². The summed E-state index contributed by atoms with van der Waals surface area (Å²) < 4.78 is 71.3. The first kappa shape index (κ1) is 32.8. The minimum absolute atomic E-state index is 0.0576. The highest BCUT2D eigenvalue weighted by Gasteiger charge is 2.27. The van der Waals surface area contributed by atoms with Crippen molar-refractivity contribution in [2.75, 3.05) is 13.2 Å². The molecule has 0 N–H and O–H groups in total. The van der Waals surface area contributed by atoms with Crippen LogP contribution in [0.2, 0.25) is 0 Å². The first-order valence-electron chi connectivity index (χ1n) is 15.9. The minimum atomic E-state index is -1.07. The highest BCUT2D eigenvalue weighted by molar-refractivity contribution is 5.71. The molecule has 0 bridgehead atoms. The molecule has 1 aliphatic heterocycles. The number of rotatable bonds is 15. The number of ether oxygens (including phenoxy) is 2. The van der Waals surface area contributed by atoms with Crippen LogP contribution in [0, 0.1) is 29.2 Å². The molecule has 0 aromatic heterocycles. The van der Waals surface area contributed by atoms with Crippen molar-refractivity contribution >= 4 is 0 Å². The fourth-order valence-corrected chi connectivity index (χ4v) is 5.77. The van der Waals surface area contributed by atoms with Crippen molar-refractivity contribution in [2.45, 2.75) is 90.6 Å². The third kappa shape index (κ3) is 8.72. The quantitative estimate of drug-likeness (QED) is 0.0987. The van der Waals surface area contributed by atoms with Crippen molar-refractivity contribution in [3.05, 3.63) is 89.5 Å². The van der Waals surface area contributed by atoms with Gasteiger partial charge >= 0.3 is 0 Å². The van der Waals surface area contributed by atoms with Crippen LogP contribution in [0.3, 0.4) is 0 Å². The van der Waals surface area contributed by atoms with E-state index in [1.54, 1.807) is 42.5 Å². The average Bonchev–Trinajstić information content (AvgIpc) is 3.03. The summed E-state index contributed by atoms with van der Waals surface area (Å²) in [4.78, 5) is 0. The second-order valence-corrected chi connectivity index (χ2v) is 11.5. The smallest absolute Gasteiger partial charge is 0.201 e. The van der Waals surface area contributed by atoms with Crippen LogP contribution in [0.5, 0.6) is 5.75 Å². The fourth-order valence-electron chi connectivity index (χ4n) is 5.77. The Morgan fingerprint density at radius 3 is 1.95 bits per heavy atom. The first-order chi connectivity index (χ1) is 20.9. The zero-order valence-electron chi connectivity index (χ0n) is 25.4. The number of hydrogen-bond acceptors (Lipinski definition) is 2. The van der Waals surface area contributed by atoms with Crippen LogP contribution in [-0.2, 0) is 4.74 Å². The van der Waals surface area contributed by atoms with Crippen LogP contribution in [0.1, 0.15) is 96.1 Å². The molecule has 0 spiro atoms. The second-order valence-electron chi connectivity index (χ2n) is 11.5. The molecule has 1 saturated heterocycles. The Morgan fingerprint density at radius 2 is 1.33 bits per heavy atom. The van der Waals surface area contributed by atoms with Crippen molar-refractivity contribution in [3.63, 3.8) is 0 Å². The molecule has 0 saturated carbocycles. The van der Waals surface area contributed by atoms with E-state index in [0.717, 1.165) is 19.3 Å². The number of halogens is 4. The zero-order valence-corrected chi connectivity index (χ0v) is 25.4. The highest BCUT2D eigenvalue weighted by Crippen LogP contribution is 2.37. The maximum atomic E-state index is 15.3. The van der Waals surface area contributed by atoms with E-state index < -0.39 is 29.4 Å². The molecule has 0 radical (unpaired) electrons. The Morgan fingerprint density at radius 1 is 0.698 bits per heavy atom. The maximum Gasteiger partial charge on any atom is 0.201 e. The lowest BCUT2D eigenvalue weighted by atomic mass is 9.90. The molecule has 2 unspecified atom stereocenters. The molecule has 3 aromatic rings. The van der Waals surface area contributed by atoms with Gasteiger partial charge in [0.15, 0.2) is 23.2 Å². The van der Waals surface area contributed by atoms with E-state index in [1.165, 1.54) is 57.1 Å². The molecular formula is C37H44F4O2. The molecule has 1 fully saturated rings. The Bertz CT molecular complexity index is 1330. The molecular weight excluding hydrogens is 552 g/mol. The van der Waals surface area contributed by atoms with Crippen LogP contribution in [0.15, 0.2) is 60.7 Å². The van der Waals surface area contributed by atoms with Gasteiger partial charge in [0.2, 0.25) is 5.82 Å². The topological polar surface area (TPSA) is 18.5 Å². The summed E-state index contributed by atoms with van der Waals surface area (Å²) in [5, 5.41) is 0. The van der Waals surface area contributed by atoms with Crippen molar-refractivity contribution in [3.8, 4) is 28.0 Å². The minimum Gasteiger partial charge on any atom is -0.486 e. The lowest BCUT2D eigenvalue weighted by Crippen LogP contribution is -2.21. The van der Waals surface area contributed by atoms with Gasteiger partial charge in [-0.2, -0.15) is 4.39 Å². The Labute approximate surface area is 254 Å². The average molecular weight is 597 g/mol. The molecule has 2 atom stereocenters. The third-order valence-corrected chi connectivity index (χ3v) is 8.34. The normalized spacial score (nSPS) is 17.1. The summed E-state index contributed by atoms with van der Waals surface area (Å²) in [7, 11) is 0. The lowest BCUT2D eigenvalue weighted by molar-refractivity contribution is -0.0218. The molecule has 1 heterocycles. The molecule has 1 aliphatic rings. The summed E-state index contributed by atoms with van der Waals surface area (Å²) in [6, 6.07) is 12.3. The second kappa shape index (κ2) is 16.7. The Hall–Kier alpha value is -3.12. The molecule has 43 heavy (non-hydrogen) atoms. The van der Waals surface area contributed by atoms with Crippen molar-refractivity contribution in [1.82, 2.24) is 0 Å². The van der Waals surface area contributed by atoms with Gasteiger partial charge in [0, 0.05) is 16.7 Å². The van der Waals surface area contributed by atoms with Gasteiger partial charge in [-0.3, -0.25) is 0 Å². The van der Waals surface area contributed by atoms with Crippen LogP contribution < -0.4 is 4.74 Å². The monoisotopic (exact) mass is 596 g/mol. The molecule has 232 valence electrons. The van der Waals surface area contributed by atoms with E-state index >= 15 is 8.78 Å². The van der Waals surface area contributed by atoms with E-state index in [1.807, 2.05) is 13.0 Å². The van der Waals surface area contributed by atoms with Crippen molar-refractivity contribution in [2.24, 2.45) is 5.92 Å². The van der Waals surface area contributed by atoms with Crippen LogP contribution in [-0.4, -0.2) is 13.2 Å². The summed E-state index contributed by atoms with van der Waals surface area (Å²) in [5.41, 5.74) is 1.27. The van der Waals surface area contributed by atoms with E-state index in [9.17, 15) is 8.78 Å². The number of benzene rings is 3. The van der Waals surface area contributed by atoms with Gasteiger partial charge in [-0.25, -0.2) is 13.2 Å². The standard InChI is InChI=1S/C37H44F4O2/c1-3-5-7-8-9-10-11-13-26-14-22-32(43-25-26)31-20-19-29(34(38)36(31)40)27-15-17-28(18-16-27)30-21-23-33(37(41)35(30)39)42-24-12-6-4-2/h6,12,15-21,23,26,32H,3-5,7-11,13-14,22,24-25H2,1-2H3. The molecule has 6 heteroatoms. The van der Waals surface area contributed by atoms with Crippen molar-refractivity contribution < 1.29 is 27.0 Å². The van der Waals surface area contributed by atoms with E-state index in [2.05, 4.69) is 6.92 Å². The van der Waals surface area contributed by atoms with Gasteiger partial charge in [-0.05, 0) is 54.9 Å². The largest absolute Gasteiger partial charge is 0.486 e. The number of hydrogen-bond donors (Lipinski definition) is 0. The molecule has 0 amide bonds. The molecule has 3 aromatic carbocycles. The molecule has 2 nitrogen and oxygen atoms in total. The Kier molecular flexibility index (Phi) is 12.7. The van der Waals surface area contributed by atoms with Crippen LogP contribution in [0.25, 0.3) is 22.3 Å². The number of unbranched alkanes of at least 4 members (excludes halogenated alkanes) is 6. The van der Waals surface area contributed by atoms with E-state index in [4.69, 9.17) is 9.47 Å². The fraction of sp³-hybridized carbons (Fsp3) is 0.459. The summed E-state index contributed by atoms with van der Waals surface area (Å²) in [6.45, 7) is 4.91. The number of allylic oxidation sites excluding steroid dienone is 1. The highest BCUT2D eigenvalue weighted by atomic mass is 19.2. The van der Waals surface area contributed by atoms with Gasteiger partial charge in [-0.15, -0.1) is 0 Å². The lowest BCUT2D eigenvalue weighted by Gasteiger charge is -2.30. The summed E-state index contributed by atoms with van der Waals surface area (Å²) in [6.07, 6.45) is 15.7. The van der Waals surface area contributed by atoms with Crippen molar-refractivity contribution in [1.29, 1.82) is 0 Å². The predicted molar refractivity (Wildman–Crippen MR) is 166 cm³/mol. The van der Waals surface area contributed by atoms with Gasteiger partial charge < -0.3 is 9.47 Å². The molecule has 0 aliphatic carbocycles. The zero-order chi connectivity index (χ0) is 30.6. The van der Waals surface area contributed by atoms with Crippen LogP contribution >= 0.6 is 0 Å². The van der Waals surface area contributed by atoms with Crippen LogP contribution in [0.4, 0.5) is 17.6 Å². The Balaban J connectivity index is 1.35. The van der Waals surface area contributed by atoms with Gasteiger partial charge in [0.25, 0.3) is 0 Å². The first-order valence-corrected chi connectivity index (χ1v) is 15.9. The predicted octanol–water partition coefficient (Wildman–Crippen LogP) is 11.5. The SMILES string of the molecule is CCC=CCOc1ccc(-c2ccc(-c3ccc(C4CCC(CCCCCCCCC)CO4)c(F)c3F)cc2)c(F)c1F. The van der Waals surface area contributed by atoms with Gasteiger partial charge in [0.05, 0.1) is 12.7 Å². The van der Waals surface area contributed by atoms with E-state index in [-0.39, 0.29) is 29.0 Å². The van der Waals surface area contributed by atoms with Gasteiger partial charge in [0.1, 0.15) is 6.61 Å². The van der Waals surface area contributed by atoms with E-state index in [0.29, 0.717) is 30.1 Å². The third-order valence-electron chi connectivity index (χ3n) is 8.34. The summed E-state index contributed by atoms with van der Waals surface area (Å²) >= 11 is 0.